The van der Waals surface area contributed by atoms with E-state index in [1.54, 1.807) is 0 Å². The van der Waals surface area contributed by atoms with E-state index in [4.69, 9.17) is 0 Å². The van der Waals surface area contributed by atoms with E-state index >= 15 is 0 Å². The number of para-hydroxylation sites is 3. The second-order valence-corrected chi connectivity index (χ2v) is 21.4. The van der Waals surface area contributed by atoms with Gasteiger partial charge in [-0.15, -0.1) is 11.3 Å². The molecule has 6 heteroatoms. The summed E-state index contributed by atoms with van der Waals surface area (Å²) in [4.78, 5) is 10.3. The average molecular weight is 932 g/mol. The summed E-state index contributed by atoms with van der Waals surface area (Å²) in [6, 6.07) is 83.6. The Bertz CT molecular complexity index is 3850. The molecule has 0 saturated heterocycles. The number of nitrogens with zero attached hydrogens (tertiary/aromatic N) is 3. The normalized spacial score (nSPS) is 13.9. The molecule has 11 aromatic rings. The lowest BCUT2D eigenvalue weighted by Crippen LogP contribution is -2.61. The van der Waals surface area contributed by atoms with Crippen molar-refractivity contribution < 1.29 is 0 Å². The lowest BCUT2D eigenvalue weighted by molar-refractivity contribution is 0.608. The van der Waals surface area contributed by atoms with Crippen molar-refractivity contribution >= 4 is 107 Å². The molecule has 0 saturated carbocycles. The van der Waals surface area contributed by atoms with Crippen molar-refractivity contribution in [3.05, 3.63) is 241 Å². The molecular formula is C64H46BN3S2. The highest BCUT2D eigenvalue weighted by atomic mass is 32.2. The Morgan fingerprint density at radius 3 is 1.96 bits per heavy atom. The minimum atomic E-state index is -0.220. The van der Waals surface area contributed by atoms with E-state index in [0.717, 1.165) is 22.7 Å². The SMILES string of the molecule is Cc1ccccc1N1c2ccc(N(c3ccccc3)c3ccccc3)cc2B2c3c1cc1c(sc4ccccc41)c3-c1cc3c(cc1N2c1cccc(-c2ccccc2)c1)Sc1ccccc1C3(C)C. The van der Waals surface area contributed by atoms with Gasteiger partial charge in [0.2, 0.25) is 0 Å². The number of hydrogen-bond acceptors (Lipinski definition) is 5. The fourth-order valence-corrected chi connectivity index (χ4v) is 14.4. The summed E-state index contributed by atoms with van der Waals surface area (Å²) in [6.45, 7) is 6.89. The summed E-state index contributed by atoms with van der Waals surface area (Å²) < 4.78 is 2.64. The molecule has 4 heterocycles. The van der Waals surface area contributed by atoms with Crippen LogP contribution in [0.5, 0.6) is 0 Å². The van der Waals surface area contributed by atoms with Crippen LogP contribution in [0, 0.1) is 6.92 Å². The minimum absolute atomic E-state index is 0.200. The van der Waals surface area contributed by atoms with Crippen molar-refractivity contribution in [1.29, 1.82) is 0 Å². The van der Waals surface area contributed by atoms with Gasteiger partial charge in [-0.05, 0) is 137 Å². The lowest BCUT2D eigenvalue weighted by Gasteiger charge is -2.47. The number of hydrogen-bond donors (Lipinski definition) is 0. The summed E-state index contributed by atoms with van der Waals surface area (Å²) in [5.41, 5.74) is 20.6. The van der Waals surface area contributed by atoms with Gasteiger partial charge in [0, 0.05) is 92.0 Å². The number of aryl methyl sites for hydroxylation is 1. The van der Waals surface area contributed by atoms with E-state index in [9.17, 15) is 0 Å². The van der Waals surface area contributed by atoms with E-state index in [-0.39, 0.29) is 12.3 Å². The van der Waals surface area contributed by atoms with Gasteiger partial charge in [-0.2, -0.15) is 0 Å². The number of thiophene rings is 1. The predicted octanol–water partition coefficient (Wildman–Crippen LogP) is 17.0. The molecule has 0 atom stereocenters. The number of anilines is 8. The Morgan fingerprint density at radius 2 is 1.17 bits per heavy atom. The molecule has 3 aliphatic rings. The van der Waals surface area contributed by atoms with E-state index < -0.39 is 0 Å². The van der Waals surface area contributed by atoms with Crippen molar-refractivity contribution in [1.82, 2.24) is 0 Å². The first kappa shape index (κ1) is 41.2. The fourth-order valence-electron chi connectivity index (χ4n) is 11.7. The van der Waals surface area contributed by atoms with E-state index in [0.29, 0.717) is 0 Å². The van der Waals surface area contributed by atoms with Crippen molar-refractivity contribution in [2.75, 3.05) is 14.6 Å². The summed E-state index contributed by atoms with van der Waals surface area (Å²) in [7, 11) is 0. The molecule has 14 rings (SSSR count). The lowest BCUT2D eigenvalue weighted by atomic mass is 9.43. The van der Waals surface area contributed by atoms with Crippen molar-refractivity contribution in [2.24, 2.45) is 0 Å². The molecule has 1 aromatic heterocycles. The second kappa shape index (κ2) is 15.9. The zero-order chi connectivity index (χ0) is 46.7. The van der Waals surface area contributed by atoms with Crippen LogP contribution >= 0.6 is 23.1 Å². The van der Waals surface area contributed by atoms with Crippen molar-refractivity contribution in [3.8, 4) is 22.3 Å². The molecule has 0 spiro atoms. The topological polar surface area (TPSA) is 9.72 Å². The van der Waals surface area contributed by atoms with Gasteiger partial charge in [-0.3, -0.25) is 0 Å². The summed E-state index contributed by atoms with van der Waals surface area (Å²) in [6.07, 6.45) is 0. The third-order valence-electron chi connectivity index (χ3n) is 15.0. The Balaban J connectivity index is 1.14. The highest BCUT2D eigenvalue weighted by Crippen LogP contribution is 2.57. The van der Waals surface area contributed by atoms with Crippen LogP contribution in [-0.2, 0) is 5.41 Å². The molecule has 3 nitrogen and oxygen atoms in total. The van der Waals surface area contributed by atoms with Gasteiger partial charge in [0.25, 0.3) is 0 Å². The molecule has 0 amide bonds. The standard InChI is InChI=1S/C64H46BN3S2/c1-41-20-13-16-31-54(41)67-55-35-34-46(66(44-24-9-5-10-25-44)45-26-11-6-12-27-45)37-53(55)65-62-57(67)39-49-48-29-14-17-32-58(48)70-63(49)61(62)50-38-52-60(69-59-33-18-15-30-51(59)64(52,2)3)40-56(50)68(65)47-28-19-23-43(36-47)42-21-7-4-8-22-42/h4-40H,1-3H3. The third-order valence-corrected chi connectivity index (χ3v) is 17.3. The molecule has 0 N–H and O–H groups in total. The zero-order valence-electron chi connectivity index (χ0n) is 39.1. The van der Waals surface area contributed by atoms with Gasteiger partial charge in [0.05, 0.1) is 0 Å². The number of benzene rings is 10. The largest absolute Gasteiger partial charge is 0.376 e. The van der Waals surface area contributed by atoms with E-state index in [2.05, 4.69) is 260 Å². The third kappa shape index (κ3) is 6.23. The highest BCUT2D eigenvalue weighted by Gasteiger charge is 2.48. The molecule has 10 aromatic carbocycles. The van der Waals surface area contributed by atoms with Crippen LogP contribution in [0.1, 0.15) is 30.5 Å². The maximum absolute atomic E-state index is 2.70. The first-order valence-corrected chi connectivity index (χ1v) is 25.8. The minimum Gasteiger partial charge on any atom is -0.376 e. The molecule has 0 fully saturated rings. The molecule has 332 valence electrons. The molecule has 0 unspecified atom stereocenters. The first-order chi connectivity index (χ1) is 34.4. The Morgan fingerprint density at radius 1 is 0.486 bits per heavy atom. The predicted molar refractivity (Wildman–Crippen MR) is 301 cm³/mol. The van der Waals surface area contributed by atoms with Crippen LogP contribution in [0.4, 0.5) is 45.5 Å². The highest BCUT2D eigenvalue weighted by molar-refractivity contribution is 7.99. The van der Waals surface area contributed by atoms with Gasteiger partial charge >= 0.3 is 6.85 Å². The quantitative estimate of drug-likeness (QED) is 0.154. The Hall–Kier alpha value is -7.77. The van der Waals surface area contributed by atoms with Crippen LogP contribution in [0.15, 0.2) is 234 Å². The zero-order valence-corrected chi connectivity index (χ0v) is 40.7. The van der Waals surface area contributed by atoms with Gasteiger partial charge in [0.15, 0.2) is 0 Å². The summed E-state index contributed by atoms with van der Waals surface area (Å²) in [5.74, 6) is 0. The molecular weight excluding hydrogens is 886 g/mol. The molecule has 70 heavy (non-hydrogen) atoms. The molecule has 0 radical (unpaired) electrons. The average Bonchev–Trinajstić information content (AvgIpc) is 3.78. The second-order valence-electron chi connectivity index (χ2n) is 19.3. The number of fused-ring (bicyclic) bond motifs is 10. The Labute approximate surface area is 418 Å². The van der Waals surface area contributed by atoms with E-state index in [1.165, 1.54) is 103 Å². The maximum Gasteiger partial charge on any atom is 0.333 e. The van der Waals surface area contributed by atoms with Crippen molar-refractivity contribution in [2.45, 2.75) is 36.0 Å². The fraction of sp³-hybridized carbons (Fsp3) is 0.0625. The summed E-state index contributed by atoms with van der Waals surface area (Å²) >= 11 is 3.86. The summed E-state index contributed by atoms with van der Waals surface area (Å²) in [5, 5.41) is 2.60. The van der Waals surface area contributed by atoms with Crippen molar-refractivity contribution in [3.63, 3.8) is 0 Å². The molecule has 0 aliphatic carbocycles. The Kier molecular flexibility index (Phi) is 9.36. The van der Waals surface area contributed by atoms with Gasteiger partial charge in [-0.1, -0.05) is 159 Å². The van der Waals surface area contributed by atoms with Crippen LogP contribution in [0.25, 0.3) is 42.4 Å². The van der Waals surface area contributed by atoms with Crippen LogP contribution in [0.2, 0.25) is 0 Å². The van der Waals surface area contributed by atoms with Gasteiger partial charge in [-0.25, -0.2) is 0 Å². The monoisotopic (exact) mass is 931 g/mol. The van der Waals surface area contributed by atoms with Gasteiger partial charge in [0.1, 0.15) is 0 Å². The van der Waals surface area contributed by atoms with Crippen LogP contribution < -0.4 is 25.5 Å². The maximum atomic E-state index is 2.70. The van der Waals surface area contributed by atoms with Crippen LogP contribution in [0.3, 0.4) is 0 Å². The van der Waals surface area contributed by atoms with E-state index in [1.807, 2.05) is 23.1 Å². The smallest absolute Gasteiger partial charge is 0.333 e. The first-order valence-electron chi connectivity index (χ1n) is 24.2. The number of rotatable bonds is 6. The van der Waals surface area contributed by atoms with Gasteiger partial charge < -0.3 is 14.6 Å². The molecule has 0 bridgehead atoms. The molecule has 3 aliphatic heterocycles. The van der Waals surface area contributed by atoms with Crippen LogP contribution in [-0.4, -0.2) is 6.85 Å².